The zero-order valence-electron chi connectivity index (χ0n) is 10.3. The van der Waals surface area contributed by atoms with Gasteiger partial charge in [0.05, 0.1) is 21.8 Å². The highest BCUT2D eigenvalue weighted by Crippen LogP contribution is 2.27. The van der Waals surface area contributed by atoms with Crippen LogP contribution in [0.25, 0.3) is 0 Å². The summed E-state index contributed by atoms with van der Waals surface area (Å²) < 4.78 is 5.28. The van der Waals surface area contributed by atoms with Gasteiger partial charge in [-0.1, -0.05) is 35.3 Å². The summed E-state index contributed by atoms with van der Waals surface area (Å²) in [5, 5.41) is 11.0. The minimum atomic E-state index is -0.499. The van der Waals surface area contributed by atoms with Crippen LogP contribution in [0.15, 0.2) is 18.2 Å². The van der Waals surface area contributed by atoms with Gasteiger partial charge in [0.1, 0.15) is 0 Å². The molecular formula is C13H18Cl2O2. The molecule has 0 heterocycles. The van der Waals surface area contributed by atoms with Gasteiger partial charge in [0.2, 0.25) is 0 Å². The molecular weight excluding hydrogens is 259 g/mol. The SMILES string of the molecule is COC(C)(C)CC(O)Cc1cccc(Cl)c1Cl. The highest BCUT2D eigenvalue weighted by molar-refractivity contribution is 6.42. The molecule has 96 valence electrons. The van der Waals surface area contributed by atoms with E-state index in [4.69, 9.17) is 27.9 Å². The number of halogens is 2. The molecule has 4 heteroatoms. The second-order valence-electron chi connectivity index (χ2n) is 4.74. The van der Waals surface area contributed by atoms with Gasteiger partial charge in [0.25, 0.3) is 0 Å². The Kier molecular flexibility index (Phi) is 5.26. The van der Waals surface area contributed by atoms with Gasteiger partial charge in [-0.25, -0.2) is 0 Å². The van der Waals surface area contributed by atoms with Crippen LogP contribution >= 0.6 is 23.2 Å². The molecule has 1 N–H and O–H groups in total. The van der Waals surface area contributed by atoms with Crippen molar-refractivity contribution in [3.8, 4) is 0 Å². The molecule has 0 fully saturated rings. The number of aliphatic hydroxyl groups excluding tert-OH is 1. The number of hydrogen-bond donors (Lipinski definition) is 1. The Labute approximate surface area is 113 Å². The van der Waals surface area contributed by atoms with Crippen LogP contribution in [-0.2, 0) is 11.2 Å². The minimum Gasteiger partial charge on any atom is -0.393 e. The monoisotopic (exact) mass is 276 g/mol. The third kappa shape index (κ3) is 4.47. The quantitative estimate of drug-likeness (QED) is 0.889. The maximum Gasteiger partial charge on any atom is 0.0647 e. The van der Waals surface area contributed by atoms with E-state index in [1.807, 2.05) is 26.0 Å². The van der Waals surface area contributed by atoms with Crippen molar-refractivity contribution in [1.29, 1.82) is 0 Å². The van der Waals surface area contributed by atoms with Crippen LogP contribution in [0.3, 0.4) is 0 Å². The van der Waals surface area contributed by atoms with Crippen molar-refractivity contribution in [3.05, 3.63) is 33.8 Å². The van der Waals surface area contributed by atoms with E-state index < -0.39 is 6.10 Å². The fourth-order valence-corrected chi connectivity index (χ4v) is 2.08. The van der Waals surface area contributed by atoms with Crippen molar-refractivity contribution >= 4 is 23.2 Å². The van der Waals surface area contributed by atoms with E-state index in [9.17, 15) is 5.11 Å². The van der Waals surface area contributed by atoms with Gasteiger partial charge < -0.3 is 9.84 Å². The largest absolute Gasteiger partial charge is 0.393 e. The Morgan fingerprint density at radius 3 is 2.59 bits per heavy atom. The van der Waals surface area contributed by atoms with E-state index in [-0.39, 0.29) is 5.60 Å². The van der Waals surface area contributed by atoms with E-state index in [1.54, 1.807) is 13.2 Å². The van der Waals surface area contributed by atoms with Crippen molar-refractivity contribution in [3.63, 3.8) is 0 Å². The van der Waals surface area contributed by atoms with Crippen molar-refractivity contribution < 1.29 is 9.84 Å². The van der Waals surface area contributed by atoms with Gasteiger partial charge in [-0.05, 0) is 31.9 Å². The topological polar surface area (TPSA) is 29.5 Å². The average molecular weight is 277 g/mol. The number of methoxy groups -OCH3 is 1. The van der Waals surface area contributed by atoms with Crippen LogP contribution in [0, 0.1) is 0 Å². The van der Waals surface area contributed by atoms with Crippen molar-refractivity contribution in [2.24, 2.45) is 0 Å². The van der Waals surface area contributed by atoms with Gasteiger partial charge in [0, 0.05) is 13.5 Å². The molecule has 0 aliphatic rings. The molecule has 1 unspecified atom stereocenters. The van der Waals surface area contributed by atoms with Gasteiger partial charge in [0.15, 0.2) is 0 Å². The summed E-state index contributed by atoms with van der Waals surface area (Å²) in [5.74, 6) is 0. The summed E-state index contributed by atoms with van der Waals surface area (Å²) in [4.78, 5) is 0. The zero-order valence-corrected chi connectivity index (χ0v) is 11.8. The Hall–Kier alpha value is -0.280. The molecule has 0 aromatic heterocycles. The highest BCUT2D eigenvalue weighted by Gasteiger charge is 2.22. The van der Waals surface area contributed by atoms with Gasteiger partial charge in [-0.2, -0.15) is 0 Å². The van der Waals surface area contributed by atoms with Crippen molar-refractivity contribution in [2.45, 2.75) is 38.4 Å². The van der Waals surface area contributed by atoms with E-state index >= 15 is 0 Å². The predicted octanol–water partition coefficient (Wildman–Crippen LogP) is 3.71. The number of benzene rings is 1. The zero-order chi connectivity index (χ0) is 13.1. The van der Waals surface area contributed by atoms with E-state index in [0.29, 0.717) is 22.9 Å². The fourth-order valence-electron chi connectivity index (χ4n) is 1.68. The molecule has 0 saturated heterocycles. The Morgan fingerprint density at radius 2 is 2.00 bits per heavy atom. The van der Waals surface area contributed by atoms with Gasteiger partial charge in [-0.15, -0.1) is 0 Å². The molecule has 0 aliphatic heterocycles. The summed E-state index contributed by atoms with van der Waals surface area (Å²) in [6.45, 7) is 3.88. The third-order valence-corrected chi connectivity index (χ3v) is 3.62. The summed E-state index contributed by atoms with van der Waals surface area (Å²) in [6.07, 6.45) is 0.527. The lowest BCUT2D eigenvalue weighted by atomic mass is 9.96. The molecule has 0 amide bonds. The third-order valence-electron chi connectivity index (χ3n) is 2.77. The number of hydrogen-bond acceptors (Lipinski definition) is 2. The van der Waals surface area contributed by atoms with E-state index in [1.165, 1.54) is 0 Å². The van der Waals surface area contributed by atoms with E-state index in [2.05, 4.69) is 0 Å². The maximum atomic E-state index is 10.0. The van der Waals surface area contributed by atoms with Gasteiger partial charge >= 0.3 is 0 Å². The molecule has 0 aliphatic carbocycles. The fraction of sp³-hybridized carbons (Fsp3) is 0.538. The number of aliphatic hydroxyl groups is 1. The molecule has 1 aromatic carbocycles. The Balaban J connectivity index is 2.68. The molecule has 17 heavy (non-hydrogen) atoms. The van der Waals surface area contributed by atoms with Crippen molar-refractivity contribution in [1.82, 2.24) is 0 Å². The van der Waals surface area contributed by atoms with Crippen LogP contribution in [0.1, 0.15) is 25.8 Å². The van der Waals surface area contributed by atoms with Crippen LogP contribution in [0.5, 0.6) is 0 Å². The molecule has 1 rings (SSSR count). The lowest BCUT2D eigenvalue weighted by molar-refractivity contribution is -0.0190. The van der Waals surface area contributed by atoms with Crippen LogP contribution in [0.2, 0.25) is 10.0 Å². The minimum absolute atomic E-state index is 0.343. The molecule has 0 saturated carbocycles. The lowest BCUT2D eigenvalue weighted by Gasteiger charge is -2.26. The first-order valence-corrected chi connectivity index (χ1v) is 6.27. The summed E-state index contributed by atoms with van der Waals surface area (Å²) in [6, 6.07) is 5.44. The van der Waals surface area contributed by atoms with Crippen LogP contribution in [-0.4, -0.2) is 23.9 Å². The second-order valence-corrected chi connectivity index (χ2v) is 5.52. The second kappa shape index (κ2) is 6.05. The average Bonchev–Trinajstić information content (AvgIpc) is 2.24. The van der Waals surface area contributed by atoms with E-state index in [0.717, 1.165) is 5.56 Å². The molecule has 0 spiro atoms. The smallest absolute Gasteiger partial charge is 0.0647 e. The molecule has 0 radical (unpaired) electrons. The first-order valence-electron chi connectivity index (χ1n) is 5.52. The molecule has 1 aromatic rings. The normalized spacial score (nSPS) is 13.8. The summed E-state index contributed by atoms with van der Waals surface area (Å²) in [7, 11) is 1.64. The number of ether oxygens (including phenoxy) is 1. The number of rotatable bonds is 5. The van der Waals surface area contributed by atoms with Crippen molar-refractivity contribution in [2.75, 3.05) is 7.11 Å². The summed E-state index contributed by atoms with van der Waals surface area (Å²) >= 11 is 12.0. The summed E-state index contributed by atoms with van der Waals surface area (Å²) in [5.41, 5.74) is 0.517. The maximum absolute atomic E-state index is 10.0. The Bertz CT molecular complexity index is 378. The van der Waals surface area contributed by atoms with Crippen LogP contribution in [0.4, 0.5) is 0 Å². The predicted molar refractivity (Wildman–Crippen MR) is 71.9 cm³/mol. The standard InChI is InChI=1S/C13H18Cl2O2/c1-13(2,17-3)8-10(16)7-9-5-4-6-11(14)12(9)15/h4-6,10,16H,7-8H2,1-3H3. The lowest BCUT2D eigenvalue weighted by Crippen LogP contribution is -2.29. The first-order chi connectivity index (χ1) is 7.85. The highest BCUT2D eigenvalue weighted by atomic mass is 35.5. The molecule has 1 atom stereocenters. The molecule has 0 bridgehead atoms. The van der Waals surface area contributed by atoms with Crippen LogP contribution < -0.4 is 0 Å². The molecule has 2 nitrogen and oxygen atoms in total. The van der Waals surface area contributed by atoms with Gasteiger partial charge in [-0.3, -0.25) is 0 Å². The first kappa shape index (κ1) is 14.8. The Morgan fingerprint density at radius 1 is 1.35 bits per heavy atom.